The number of rotatable bonds is 5. The number of oxime groups is 2. The maximum Gasteiger partial charge on any atom is 0.153 e. The highest BCUT2D eigenvalue weighted by Gasteiger charge is 2.30. The highest BCUT2D eigenvalue weighted by Crippen LogP contribution is 2.37. The van der Waals surface area contributed by atoms with Crippen molar-refractivity contribution < 1.29 is 10.4 Å². The van der Waals surface area contributed by atoms with Gasteiger partial charge in [-0.25, -0.2) is 0 Å². The predicted molar refractivity (Wildman–Crippen MR) is 111 cm³/mol. The lowest BCUT2D eigenvalue weighted by Crippen LogP contribution is -2.40. The molecule has 0 fully saturated rings. The van der Waals surface area contributed by atoms with Crippen molar-refractivity contribution >= 4 is 22.9 Å². The first-order valence-corrected chi connectivity index (χ1v) is 9.07. The Morgan fingerprint density at radius 2 is 1.90 bits per heavy atom. The number of nitrogens with two attached hydrogens (primary N) is 1. The average Bonchev–Trinajstić information content (AvgIpc) is 3.12. The van der Waals surface area contributed by atoms with E-state index in [9.17, 15) is 5.21 Å². The van der Waals surface area contributed by atoms with Crippen LogP contribution in [0.2, 0.25) is 0 Å². The first-order chi connectivity index (χ1) is 14.2. The molecule has 0 amide bonds. The fourth-order valence-electron chi connectivity index (χ4n) is 3.54. The Hall–Kier alpha value is -3.85. The minimum absolute atomic E-state index is 0.0919. The summed E-state index contributed by atoms with van der Waals surface area (Å²) in [6, 6.07) is 13.6. The van der Waals surface area contributed by atoms with Crippen molar-refractivity contribution in [1.82, 2.24) is 14.9 Å². The van der Waals surface area contributed by atoms with Gasteiger partial charge in [-0.05, 0) is 24.3 Å². The third kappa shape index (κ3) is 3.76. The van der Waals surface area contributed by atoms with Crippen LogP contribution in [0.3, 0.4) is 0 Å². The van der Waals surface area contributed by atoms with Crippen LogP contribution in [0.25, 0.3) is 11.3 Å². The number of benzene rings is 1. The summed E-state index contributed by atoms with van der Waals surface area (Å²) in [5.74, 6) is 0.0919. The summed E-state index contributed by atoms with van der Waals surface area (Å²) in [6.45, 7) is 1.13. The molecule has 0 spiro atoms. The Morgan fingerprint density at radius 1 is 1.14 bits per heavy atom. The van der Waals surface area contributed by atoms with E-state index < -0.39 is 0 Å². The second kappa shape index (κ2) is 8.03. The molecule has 6 N–H and O–H groups in total. The van der Waals surface area contributed by atoms with Crippen LogP contribution in [0.5, 0.6) is 0 Å². The zero-order valence-corrected chi connectivity index (χ0v) is 15.6. The first-order valence-electron chi connectivity index (χ1n) is 9.07. The zero-order valence-electron chi connectivity index (χ0n) is 15.6. The normalized spacial score (nSPS) is 16.0. The van der Waals surface area contributed by atoms with Crippen molar-refractivity contribution in [3.8, 4) is 11.3 Å². The van der Waals surface area contributed by atoms with Gasteiger partial charge in [0.1, 0.15) is 5.71 Å². The predicted octanol–water partition coefficient (Wildman–Crippen LogP) is 2.56. The summed E-state index contributed by atoms with van der Waals surface area (Å²) in [5.41, 5.74) is 11.4. The SMILES string of the molecule is N/C(CN1C/C(=N/O)c2c([nH]c(-c3ccncc3)c2Nc2ccccc2)C1)=N/O. The third-order valence-electron chi connectivity index (χ3n) is 4.77. The van der Waals surface area contributed by atoms with Gasteiger partial charge >= 0.3 is 0 Å². The Morgan fingerprint density at radius 3 is 2.59 bits per heavy atom. The Labute approximate surface area is 167 Å². The minimum atomic E-state index is 0.0919. The Kier molecular flexibility index (Phi) is 5.12. The van der Waals surface area contributed by atoms with Crippen molar-refractivity contribution in [2.45, 2.75) is 6.54 Å². The highest BCUT2D eigenvalue weighted by molar-refractivity contribution is 6.11. The van der Waals surface area contributed by atoms with Crippen LogP contribution < -0.4 is 11.1 Å². The number of anilines is 2. The quantitative estimate of drug-likeness (QED) is 0.196. The molecule has 148 valence electrons. The van der Waals surface area contributed by atoms with E-state index in [1.54, 1.807) is 12.4 Å². The Balaban J connectivity index is 1.81. The molecule has 0 atom stereocenters. The van der Waals surface area contributed by atoms with Crippen molar-refractivity contribution in [3.05, 3.63) is 66.1 Å². The van der Waals surface area contributed by atoms with E-state index >= 15 is 0 Å². The number of aromatic amines is 1. The summed E-state index contributed by atoms with van der Waals surface area (Å²) in [5, 5.41) is 28.6. The van der Waals surface area contributed by atoms with Crippen molar-refractivity contribution in [1.29, 1.82) is 0 Å². The van der Waals surface area contributed by atoms with E-state index in [0.29, 0.717) is 18.8 Å². The number of nitrogens with zero attached hydrogens (tertiary/aromatic N) is 4. The van der Waals surface area contributed by atoms with Crippen molar-refractivity contribution in [2.75, 3.05) is 18.4 Å². The van der Waals surface area contributed by atoms with Gasteiger partial charge in [-0.2, -0.15) is 0 Å². The van der Waals surface area contributed by atoms with Crippen molar-refractivity contribution in [2.24, 2.45) is 16.0 Å². The second-order valence-corrected chi connectivity index (χ2v) is 6.74. The van der Waals surface area contributed by atoms with Crippen molar-refractivity contribution in [3.63, 3.8) is 0 Å². The number of para-hydroxylation sites is 1. The number of amidine groups is 1. The zero-order chi connectivity index (χ0) is 20.2. The molecule has 1 aliphatic rings. The van der Waals surface area contributed by atoms with Gasteiger partial charge in [0, 0.05) is 48.0 Å². The molecule has 4 rings (SSSR count). The molecule has 0 bridgehead atoms. The maximum absolute atomic E-state index is 9.72. The monoisotopic (exact) mass is 391 g/mol. The lowest BCUT2D eigenvalue weighted by molar-refractivity contribution is 0.290. The first kappa shape index (κ1) is 18.5. The number of H-pyrrole nitrogens is 1. The maximum atomic E-state index is 9.72. The molecule has 9 nitrogen and oxygen atoms in total. The van der Waals surface area contributed by atoms with Gasteiger partial charge in [0.25, 0.3) is 0 Å². The van der Waals surface area contributed by atoms with Crippen LogP contribution in [-0.2, 0) is 6.54 Å². The van der Waals surface area contributed by atoms with Gasteiger partial charge in [0.05, 0.1) is 17.9 Å². The molecule has 3 heterocycles. The minimum Gasteiger partial charge on any atom is -0.411 e. The molecular weight excluding hydrogens is 370 g/mol. The van der Waals surface area contributed by atoms with Gasteiger partial charge in [0.2, 0.25) is 0 Å². The molecule has 29 heavy (non-hydrogen) atoms. The molecular formula is C20H21N7O2. The number of aromatic nitrogens is 2. The molecule has 3 aromatic rings. The molecule has 0 radical (unpaired) electrons. The van der Waals surface area contributed by atoms with Gasteiger partial charge in [-0.3, -0.25) is 9.88 Å². The van der Waals surface area contributed by atoms with E-state index in [1.807, 2.05) is 47.4 Å². The fourth-order valence-corrected chi connectivity index (χ4v) is 3.54. The molecule has 0 aliphatic carbocycles. The number of hydrogen-bond acceptors (Lipinski definition) is 7. The lowest BCUT2D eigenvalue weighted by atomic mass is 10.0. The summed E-state index contributed by atoms with van der Waals surface area (Å²) < 4.78 is 0. The van der Waals surface area contributed by atoms with Crippen LogP contribution in [0, 0.1) is 0 Å². The summed E-state index contributed by atoms with van der Waals surface area (Å²) >= 11 is 0. The number of pyridine rings is 1. The smallest absolute Gasteiger partial charge is 0.153 e. The molecule has 1 aromatic carbocycles. The number of hydrogen-bond donors (Lipinski definition) is 5. The van der Waals surface area contributed by atoms with Crippen LogP contribution >= 0.6 is 0 Å². The van der Waals surface area contributed by atoms with Gasteiger partial charge in [-0.15, -0.1) is 0 Å². The Bertz CT molecular complexity index is 1050. The number of fused-ring (bicyclic) bond motifs is 1. The van der Waals surface area contributed by atoms with E-state index in [1.165, 1.54) is 0 Å². The highest BCUT2D eigenvalue weighted by atomic mass is 16.4. The van der Waals surface area contributed by atoms with Crippen LogP contribution in [0.4, 0.5) is 11.4 Å². The van der Waals surface area contributed by atoms with E-state index in [4.69, 9.17) is 10.9 Å². The van der Waals surface area contributed by atoms with E-state index in [2.05, 4.69) is 25.6 Å². The summed E-state index contributed by atoms with van der Waals surface area (Å²) in [6.07, 6.45) is 3.46. The summed E-state index contributed by atoms with van der Waals surface area (Å²) in [4.78, 5) is 9.47. The lowest BCUT2D eigenvalue weighted by Gasteiger charge is -2.27. The summed E-state index contributed by atoms with van der Waals surface area (Å²) in [7, 11) is 0. The van der Waals surface area contributed by atoms with Crippen LogP contribution in [0.1, 0.15) is 11.3 Å². The van der Waals surface area contributed by atoms with Gasteiger partial charge in [-0.1, -0.05) is 28.5 Å². The molecule has 0 saturated carbocycles. The molecule has 2 aromatic heterocycles. The molecule has 9 heteroatoms. The molecule has 0 unspecified atom stereocenters. The second-order valence-electron chi connectivity index (χ2n) is 6.74. The van der Waals surface area contributed by atoms with E-state index in [-0.39, 0.29) is 12.4 Å². The standard InChI is InChI=1S/C20H21N7O2/c21-17(26-29)12-27-10-15-18(16(11-27)25-28)20(23-14-4-2-1-3-5-14)19(24-15)13-6-8-22-9-7-13/h1-9,23-24,28-29H,10-12H2,(H2,21,26)/b25-16-. The van der Waals surface area contributed by atoms with E-state index in [0.717, 1.165) is 33.9 Å². The topological polar surface area (TPSA) is 135 Å². The average molecular weight is 391 g/mol. The molecule has 1 aliphatic heterocycles. The van der Waals surface area contributed by atoms with Gasteiger partial charge < -0.3 is 26.4 Å². The van der Waals surface area contributed by atoms with Crippen LogP contribution in [0.15, 0.2) is 65.2 Å². The number of nitrogens with one attached hydrogen (secondary N) is 2. The van der Waals surface area contributed by atoms with Gasteiger partial charge in [0.15, 0.2) is 5.84 Å². The third-order valence-corrected chi connectivity index (χ3v) is 4.77. The fraction of sp³-hybridized carbons (Fsp3) is 0.150. The molecule has 0 saturated heterocycles. The van der Waals surface area contributed by atoms with Crippen LogP contribution in [-0.4, -0.2) is 49.9 Å². The largest absolute Gasteiger partial charge is 0.411 e.